The molecule has 1 heterocycles. The molecule has 0 spiro atoms. The summed E-state index contributed by atoms with van der Waals surface area (Å²) < 4.78 is 10.6. The lowest BCUT2D eigenvalue weighted by Crippen LogP contribution is -2.26. The summed E-state index contributed by atoms with van der Waals surface area (Å²) in [6.45, 7) is 2.88. The highest BCUT2D eigenvalue weighted by atomic mass is 79.9. The van der Waals surface area contributed by atoms with Gasteiger partial charge in [0.25, 0.3) is 0 Å². The number of carbonyl (C=O) groups excluding carboxylic acids is 1. The van der Waals surface area contributed by atoms with Gasteiger partial charge in [0, 0.05) is 24.6 Å². The molecule has 1 amide bonds. The molecule has 0 radical (unpaired) electrons. The van der Waals surface area contributed by atoms with E-state index in [-0.39, 0.29) is 6.10 Å². The fourth-order valence-corrected chi connectivity index (χ4v) is 2.53. The highest BCUT2D eigenvalue weighted by Crippen LogP contribution is 2.28. The van der Waals surface area contributed by atoms with Crippen LogP contribution in [0, 0.1) is 6.92 Å². The molecule has 0 fully saturated rings. The molecule has 2 unspecified atom stereocenters. The average molecular weight is 337 g/mol. The second-order valence-electron chi connectivity index (χ2n) is 3.78. The number of amides is 1. The predicted molar refractivity (Wildman–Crippen MR) is 73.9 cm³/mol. The van der Waals surface area contributed by atoms with Gasteiger partial charge in [0.1, 0.15) is 11.1 Å². The molecule has 2 atom stereocenters. The van der Waals surface area contributed by atoms with Crippen molar-refractivity contribution in [3.05, 3.63) is 16.1 Å². The average Bonchev–Trinajstić information content (AvgIpc) is 2.74. The largest absolute Gasteiger partial charge is 0.382 e. The first kappa shape index (κ1) is 15.6. The Hall–Kier alpha value is -0.500. The van der Waals surface area contributed by atoms with E-state index in [1.165, 1.54) is 11.3 Å². The van der Waals surface area contributed by atoms with Crippen LogP contribution < -0.4 is 5.73 Å². The lowest BCUT2D eigenvalue weighted by Gasteiger charge is -2.17. The third-order valence-corrected chi connectivity index (χ3v) is 4.13. The van der Waals surface area contributed by atoms with Crippen LogP contribution in [0.1, 0.15) is 23.2 Å². The highest BCUT2D eigenvalue weighted by Gasteiger charge is 2.22. The SMILES string of the molecule is COCCOC(CC(Br)C(N)=O)c1nc(C)cs1. The van der Waals surface area contributed by atoms with Crippen LogP contribution >= 0.6 is 27.3 Å². The van der Waals surface area contributed by atoms with Crippen LogP contribution in [0.15, 0.2) is 5.38 Å². The van der Waals surface area contributed by atoms with Gasteiger partial charge in [0.05, 0.1) is 18.0 Å². The molecule has 0 bridgehead atoms. The van der Waals surface area contributed by atoms with Gasteiger partial charge in [-0.15, -0.1) is 11.3 Å². The first-order chi connectivity index (χ1) is 8.54. The molecule has 0 aliphatic carbocycles. The molecule has 1 aromatic heterocycles. The van der Waals surface area contributed by atoms with Crippen LogP contribution in [0.3, 0.4) is 0 Å². The molecule has 1 rings (SSSR count). The van der Waals surface area contributed by atoms with Crippen LogP contribution in [0.2, 0.25) is 0 Å². The Bertz CT molecular complexity index is 386. The van der Waals surface area contributed by atoms with Gasteiger partial charge in [-0.2, -0.15) is 0 Å². The second-order valence-corrected chi connectivity index (χ2v) is 5.78. The Kier molecular flexibility index (Phi) is 6.77. The van der Waals surface area contributed by atoms with Crippen LogP contribution in [-0.2, 0) is 14.3 Å². The van der Waals surface area contributed by atoms with Crippen molar-refractivity contribution in [3.63, 3.8) is 0 Å². The molecule has 1 aromatic rings. The first-order valence-electron chi connectivity index (χ1n) is 5.50. The summed E-state index contributed by atoms with van der Waals surface area (Å²) in [4.78, 5) is 15.0. The van der Waals surface area contributed by atoms with Crippen molar-refractivity contribution in [1.29, 1.82) is 0 Å². The fourth-order valence-electron chi connectivity index (χ4n) is 1.34. The Morgan fingerprint density at radius 3 is 2.83 bits per heavy atom. The molecule has 0 saturated heterocycles. The van der Waals surface area contributed by atoms with E-state index in [1.54, 1.807) is 7.11 Å². The van der Waals surface area contributed by atoms with Gasteiger partial charge in [-0.05, 0) is 6.92 Å². The number of thiazole rings is 1. The van der Waals surface area contributed by atoms with Crippen LogP contribution in [0.25, 0.3) is 0 Å². The van der Waals surface area contributed by atoms with E-state index in [0.717, 1.165) is 10.7 Å². The maximum atomic E-state index is 11.1. The molecule has 18 heavy (non-hydrogen) atoms. The molecule has 0 aliphatic rings. The van der Waals surface area contributed by atoms with Crippen LogP contribution in [0.5, 0.6) is 0 Å². The standard InChI is InChI=1S/C11H17BrN2O3S/c1-7-6-18-11(14-7)9(17-4-3-16-2)5-8(12)10(13)15/h6,8-9H,3-5H2,1-2H3,(H2,13,15). The smallest absolute Gasteiger partial charge is 0.231 e. The molecule has 7 heteroatoms. The van der Waals surface area contributed by atoms with Gasteiger partial charge in [0.15, 0.2) is 0 Å². The maximum Gasteiger partial charge on any atom is 0.231 e. The first-order valence-corrected chi connectivity index (χ1v) is 7.30. The summed E-state index contributed by atoms with van der Waals surface area (Å²) in [5, 5.41) is 2.81. The number of aromatic nitrogens is 1. The van der Waals surface area contributed by atoms with Crippen LogP contribution in [0.4, 0.5) is 0 Å². The number of primary amides is 1. The van der Waals surface area contributed by atoms with E-state index in [9.17, 15) is 4.79 Å². The minimum absolute atomic E-state index is 0.240. The van der Waals surface area contributed by atoms with Crippen LogP contribution in [-0.4, -0.2) is 36.0 Å². The van der Waals surface area contributed by atoms with Crippen molar-refractivity contribution in [2.45, 2.75) is 24.3 Å². The number of halogens is 1. The van der Waals surface area contributed by atoms with Gasteiger partial charge >= 0.3 is 0 Å². The molecule has 0 saturated carbocycles. The lowest BCUT2D eigenvalue weighted by molar-refractivity contribution is -0.118. The van der Waals surface area contributed by atoms with Gasteiger partial charge in [-0.25, -0.2) is 4.98 Å². The van der Waals surface area contributed by atoms with Gasteiger partial charge in [-0.1, -0.05) is 15.9 Å². The van der Waals surface area contributed by atoms with E-state index in [1.807, 2.05) is 12.3 Å². The van der Waals surface area contributed by atoms with Crippen molar-refractivity contribution in [2.24, 2.45) is 5.73 Å². The van der Waals surface area contributed by atoms with Crippen molar-refractivity contribution in [3.8, 4) is 0 Å². The number of hydrogen-bond donors (Lipinski definition) is 1. The summed E-state index contributed by atoms with van der Waals surface area (Å²) in [5.74, 6) is -0.399. The fraction of sp³-hybridized carbons (Fsp3) is 0.636. The topological polar surface area (TPSA) is 74.4 Å². The minimum atomic E-state index is -0.422. The quantitative estimate of drug-likeness (QED) is 0.580. The lowest BCUT2D eigenvalue weighted by atomic mass is 10.2. The van der Waals surface area contributed by atoms with E-state index >= 15 is 0 Å². The molecule has 0 aliphatic heterocycles. The molecule has 2 N–H and O–H groups in total. The minimum Gasteiger partial charge on any atom is -0.382 e. The molecular formula is C11H17BrN2O3S. The van der Waals surface area contributed by atoms with Crippen molar-refractivity contribution in [2.75, 3.05) is 20.3 Å². The Balaban J connectivity index is 2.65. The summed E-state index contributed by atoms with van der Waals surface area (Å²) in [6.07, 6.45) is 0.224. The van der Waals surface area contributed by atoms with Crippen molar-refractivity contribution in [1.82, 2.24) is 4.98 Å². The Morgan fingerprint density at radius 2 is 2.33 bits per heavy atom. The van der Waals surface area contributed by atoms with E-state index in [0.29, 0.717) is 19.6 Å². The molecular weight excluding hydrogens is 320 g/mol. The maximum absolute atomic E-state index is 11.1. The monoisotopic (exact) mass is 336 g/mol. The number of methoxy groups -OCH3 is 1. The third kappa shape index (κ3) is 5.01. The van der Waals surface area contributed by atoms with E-state index in [2.05, 4.69) is 20.9 Å². The zero-order chi connectivity index (χ0) is 13.5. The number of carbonyl (C=O) groups is 1. The summed E-state index contributed by atoms with van der Waals surface area (Å²) in [7, 11) is 1.61. The highest BCUT2D eigenvalue weighted by molar-refractivity contribution is 9.10. The Morgan fingerprint density at radius 1 is 1.61 bits per heavy atom. The third-order valence-electron chi connectivity index (χ3n) is 2.25. The number of nitrogens with zero attached hydrogens (tertiary/aromatic N) is 1. The van der Waals surface area contributed by atoms with Gasteiger partial charge in [-0.3, -0.25) is 4.79 Å². The number of ether oxygens (including phenoxy) is 2. The summed E-state index contributed by atoms with van der Waals surface area (Å²) in [5.41, 5.74) is 6.18. The second kappa shape index (κ2) is 7.83. The van der Waals surface area contributed by atoms with Gasteiger partial charge < -0.3 is 15.2 Å². The molecule has 5 nitrogen and oxygen atoms in total. The van der Waals surface area contributed by atoms with Gasteiger partial charge in [0.2, 0.25) is 5.91 Å². The normalized spacial score (nSPS) is 14.4. The number of hydrogen-bond acceptors (Lipinski definition) is 5. The zero-order valence-electron chi connectivity index (χ0n) is 10.4. The Labute approximate surface area is 119 Å². The number of nitrogens with two attached hydrogens (primary N) is 1. The summed E-state index contributed by atoms with van der Waals surface area (Å²) >= 11 is 4.77. The number of alkyl halides is 1. The zero-order valence-corrected chi connectivity index (χ0v) is 12.8. The van der Waals surface area contributed by atoms with E-state index < -0.39 is 10.7 Å². The summed E-state index contributed by atoms with van der Waals surface area (Å²) in [6, 6.07) is 0. The predicted octanol–water partition coefficient (Wildman–Crippen LogP) is 1.79. The molecule has 0 aromatic carbocycles. The number of rotatable bonds is 8. The number of aryl methyl sites for hydroxylation is 1. The van der Waals surface area contributed by atoms with Crippen molar-refractivity contribution >= 4 is 33.2 Å². The molecule has 102 valence electrons. The van der Waals surface area contributed by atoms with E-state index in [4.69, 9.17) is 15.2 Å². The van der Waals surface area contributed by atoms with Crippen molar-refractivity contribution < 1.29 is 14.3 Å².